The summed E-state index contributed by atoms with van der Waals surface area (Å²) in [7, 11) is 1.36. The van der Waals surface area contributed by atoms with Crippen LogP contribution in [0.3, 0.4) is 0 Å². The predicted octanol–water partition coefficient (Wildman–Crippen LogP) is 6.57. The van der Waals surface area contributed by atoms with Crippen LogP contribution in [0.2, 0.25) is 0 Å². The van der Waals surface area contributed by atoms with E-state index in [1.54, 1.807) is 18.2 Å². The Morgan fingerprint density at radius 3 is 2.50 bits per heavy atom. The summed E-state index contributed by atoms with van der Waals surface area (Å²) in [6.45, 7) is 7.77. The summed E-state index contributed by atoms with van der Waals surface area (Å²) >= 11 is 0. The molecule has 1 amide bonds. The molecule has 1 aliphatic carbocycles. The van der Waals surface area contributed by atoms with E-state index in [2.05, 4.69) is 17.0 Å². The van der Waals surface area contributed by atoms with Crippen molar-refractivity contribution in [1.82, 2.24) is 14.8 Å². The maximum Gasteiger partial charge on any atom is 0.339 e. The Morgan fingerprint density at radius 1 is 1.02 bits per heavy atom. The lowest BCUT2D eigenvalue weighted by molar-refractivity contribution is 0.0542. The van der Waals surface area contributed by atoms with Crippen molar-refractivity contribution >= 4 is 11.9 Å². The molecule has 3 aromatic rings. The highest BCUT2D eigenvalue weighted by molar-refractivity contribution is 6.00. The number of likely N-dealkylation sites (tertiary alicyclic amines) is 1. The van der Waals surface area contributed by atoms with E-state index in [0.29, 0.717) is 48.7 Å². The van der Waals surface area contributed by atoms with E-state index in [-0.39, 0.29) is 17.8 Å². The van der Waals surface area contributed by atoms with Crippen LogP contribution in [0.4, 0.5) is 4.39 Å². The van der Waals surface area contributed by atoms with Crippen LogP contribution >= 0.6 is 0 Å². The van der Waals surface area contributed by atoms with Crippen molar-refractivity contribution in [3.05, 3.63) is 81.9 Å². The molecule has 0 atom stereocenters. The van der Waals surface area contributed by atoms with Gasteiger partial charge in [0, 0.05) is 44.2 Å². The summed E-state index contributed by atoms with van der Waals surface area (Å²) in [4.78, 5) is 35.4. The Bertz CT molecular complexity index is 1540. The van der Waals surface area contributed by atoms with Crippen LogP contribution < -0.4 is 4.74 Å². The molecule has 0 bridgehead atoms. The molecule has 7 nitrogen and oxygen atoms in total. The Balaban J connectivity index is 1.17. The van der Waals surface area contributed by atoms with Crippen molar-refractivity contribution in [3.63, 3.8) is 0 Å². The number of piperidine rings is 1. The number of fused-ring (bicyclic) bond motifs is 1. The number of aromatic nitrogens is 1. The van der Waals surface area contributed by atoms with Crippen LogP contribution in [0.1, 0.15) is 95.1 Å². The van der Waals surface area contributed by atoms with Crippen LogP contribution in [-0.2, 0) is 24.1 Å². The molecule has 2 fully saturated rings. The molecular weight excluding hydrogens is 557 g/mol. The second-order valence-corrected chi connectivity index (χ2v) is 12.2. The predicted molar refractivity (Wildman–Crippen MR) is 168 cm³/mol. The van der Waals surface area contributed by atoms with Gasteiger partial charge in [0.1, 0.15) is 11.6 Å². The third-order valence-electron chi connectivity index (χ3n) is 9.23. The molecule has 2 aromatic carbocycles. The average Bonchev–Trinajstić information content (AvgIpc) is 3.88. The average molecular weight is 600 g/mol. The standard InChI is InChI=1S/C36H42FN3O4/c1-4-7-32-31(36(42)43-3)20-30-33(38-32)14-17-40(35(30)41)27-12-15-39(16-13-27)22-25-19-28(23-10-11-23)29(21-34(25)44-5-2)24-8-6-9-26(37)18-24/h6,8-9,18-21,23,27H,4-5,7,10-17,22H2,1-3H3. The topological polar surface area (TPSA) is 72.0 Å². The number of esters is 1. The molecule has 1 saturated carbocycles. The molecule has 0 spiro atoms. The summed E-state index contributed by atoms with van der Waals surface area (Å²) in [6.07, 6.45) is 6.31. The number of methoxy groups -OCH3 is 1. The molecule has 0 radical (unpaired) electrons. The molecule has 1 aromatic heterocycles. The monoisotopic (exact) mass is 599 g/mol. The van der Waals surface area contributed by atoms with Gasteiger partial charge in [-0.15, -0.1) is 0 Å². The molecule has 1 saturated heterocycles. The van der Waals surface area contributed by atoms with Gasteiger partial charge in [-0.3, -0.25) is 14.7 Å². The van der Waals surface area contributed by atoms with Crippen LogP contribution in [-0.4, -0.2) is 66.1 Å². The third kappa shape index (κ3) is 6.23. The maximum atomic E-state index is 14.1. The highest BCUT2D eigenvalue weighted by Crippen LogP contribution is 2.47. The molecular formula is C36H42FN3O4. The quantitative estimate of drug-likeness (QED) is 0.246. The number of benzene rings is 2. The maximum absolute atomic E-state index is 14.1. The fourth-order valence-corrected chi connectivity index (χ4v) is 6.84. The number of ether oxygens (including phenoxy) is 2. The smallest absolute Gasteiger partial charge is 0.339 e. The normalized spacial score (nSPS) is 17.5. The zero-order valence-corrected chi connectivity index (χ0v) is 26.0. The lowest BCUT2D eigenvalue weighted by atomic mass is 9.93. The van der Waals surface area contributed by atoms with Gasteiger partial charge in [-0.1, -0.05) is 25.5 Å². The summed E-state index contributed by atoms with van der Waals surface area (Å²) < 4.78 is 25.3. The van der Waals surface area contributed by atoms with Crippen LogP contribution in [0.25, 0.3) is 11.1 Å². The molecule has 0 N–H and O–H groups in total. The summed E-state index contributed by atoms with van der Waals surface area (Å²) in [5.41, 5.74) is 6.84. The molecule has 6 rings (SSSR count). The van der Waals surface area contributed by atoms with Gasteiger partial charge < -0.3 is 14.4 Å². The van der Waals surface area contributed by atoms with E-state index < -0.39 is 5.97 Å². The lowest BCUT2D eigenvalue weighted by Crippen LogP contribution is -2.50. The number of hydrogen-bond acceptors (Lipinski definition) is 6. The Labute approximate surface area is 259 Å². The van der Waals surface area contributed by atoms with Gasteiger partial charge in [-0.2, -0.15) is 0 Å². The minimum atomic E-state index is -0.442. The number of halogens is 1. The molecule has 2 aliphatic heterocycles. The number of carbonyl (C=O) groups excluding carboxylic acids is 2. The number of carbonyl (C=O) groups is 2. The minimum Gasteiger partial charge on any atom is -0.494 e. The lowest BCUT2D eigenvalue weighted by Gasteiger charge is -2.40. The highest BCUT2D eigenvalue weighted by Gasteiger charge is 2.35. The number of pyridine rings is 1. The van der Waals surface area contributed by atoms with Crippen molar-refractivity contribution in [2.75, 3.05) is 33.4 Å². The number of nitrogens with zero attached hydrogens (tertiary/aromatic N) is 3. The van der Waals surface area contributed by atoms with Gasteiger partial charge in [0.05, 0.1) is 36.2 Å². The summed E-state index contributed by atoms with van der Waals surface area (Å²) in [6, 6.07) is 13.1. The van der Waals surface area contributed by atoms with Gasteiger partial charge in [-0.25, -0.2) is 9.18 Å². The summed E-state index contributed by atoms with van der Waals surface area (Å²) in [5.74, 6) is 0.658. The first-order valence-electron chi connectivity index (χ1n) is 16.1. The van der Waals surface area contributed by atoms with Crippen LogP contribution in [0.5, 0.6) is 5.75 Å². The fourth-order valence-electron chi connectivity index (χ4n) is 6.84. The highest BCUT2D eigenvalue weighted by atomic mass is 19.1. The Kier molecular flexibility index (Phi) is 8.98. The van der Waals surface area contributed by atoms with E-state index in [9.17, 15) is 14.0 Å². The number of amides is 1. The van der Waals surface area contributed by atoms with Crippen molar-refractivity contribution in [2.24, 2.45) is 0 Å². The summed E-state index contributed by atoms with van der Waals surface area (Å²) in [5, 5.41) is 0. The van der Waals surface area contributed by atoms with Crippen molar-refractivity contribution in [3.8, 4) is 16.9 Å². The number of rotatable bonds is 10. The van der Waals surface area contributed by atoms with E-state index in [4.69, 9.17) is 14.5 Å². The number of aryl methyl sites for hydroxylation is 1. The number of hydrogen-bond donors (Lipinski definition) is 0. The third-order valence-corrected chi connectivity index (χ3v) is 9.23. The Morgan fingerprint density at radius 2 is 1.82 bits per heavy atom. The van der Waals surface area contributed by atoms with Crippen LogP contribution in [0.15, 0.2) is 42.5 Å². The molecule has 0 unspecified atom stereocenters. The molecule has 8 heteroatoms. The molecule has 3 aliphatic rings. The van der Waals surface area contributed by atoms with Gasteiger partial charge in [-0.05, 0) is 92.0 Å². The van der Waals surface area contributed by atoms with Crippen LogP contribution in [0, 0.1) is 5.82 Å². The zero-order valence-electron chi connectivity index (χ0n) is 26.0. The van der Waals surface area contributed by atoms with E-state index in [1.807, 2.05) is 24.8 Å². The first-order chi connectivity index (χ1) is 21.4. The van der Waals surface area contributed by atoms with Crippen molar-refractivity contribution < 1.29 is 23.5 Å². The SMILES string of the molecule is CCCc1nc2c(cc1C(=O)OC)C(=O)N(C1CCN(Cc3cc(C4CC4)c(-c4cccc(F)c4)cc3OCC)CC1)CC2. The first kappa shape index (κ1) is 30.3. The van der Waals surface area contributed by atoms with Gasteiger partial charge in [0.15, 0.2) is 0 Å². The molecule has 232 valence electrons. The Hall–Kier alpha value is -3.78. The second-order valence-electron chi connectivity index (χ2n) is 12.2. The molecule has 3 heterocycles. The largest absolute Gasteiger partial charge is 0.494 e. The first-order valence-corrected chi connectivity index (χ1v) is 16.1. The minimum absolute atomic E-state index is 0.0361. The van der Waals surface area contributed by atoms with E-state index >= 15 is 0 Å². The second kappa shape index (κ2) is 13.1. The van der Waals surface area contributed by atoms with Gasteiger partial charge in [0.2, 0.25) is 0 Å². The van der Waals surface area contributed by atoms with Crippen molar-refractivity contribution in [2.45, 2.75) is 77.3 Å². The molecule has 44 heavy (non-hydrogen) atoms. The van der Waals surface area contributed by atoms with E-state index in [1.165, 1.54) is 24.3 Å². The van der Waals surface area contributed by atoms with E-state index in [0.717, 1.165) is 74.3 Å². The fraction of sp³-hybridized carbons (Fsp3) is 0.472. The zero-order chi connectivity index (χ0) is 30.8. The van der Waals surface area contributed by atoms with Gasteiger partial charge in [0.25, 0.3) is 5.91 Å². The van der Waals surface area contributed by atoms with Gasteiger partial charge >= 0.3 is 5.97 Å². The van der Waals surface area contributed by atoms with Crippen molar-refractivity contribution in [1.29, 1.82) is 0 Å².